The third-order valence-electron chi connectivity index (χ3n) is 5.77. The molecule has 0 spiro atoms. The molecule has 0 bridgehead atoms. The number of anilines is 2. The van der Waals surface area contributed by atoms with Gasteiger partial charge in [-0.05, 0) is 41.9 Å². The SMILES string of the molecule is C[Si](C)OC1C(C(C)(C)C)CN1c1ccc(N2CC(COc3ccon3)OC2=O)cc1F. The Bertz CT molecular complexity index is 950. The summed E-state index contributed by atoms with van der Waals surface area (Å²) >= 11 is 0. The van der Waals surface area contributed by atoms with Crippen molar-refractivity contribution in [3.05, 3.63) is 36.3 Å². The van der Waals surface area contributed by atoms with Crippen LogP contribution in [0.25, 0.3) is 0 Å². The van der Waals surface area contributed by atoms with Crippen LogP contribution in [-0.2, 0) is 9.16 Å². The number of cyclic esters (lactones) is 1. The zero-order valence-electron chi connectivity index (χ0n) is 19.0. The van der Waals surface area contributed by atoms with E-state index in [1.165, 1.54) is 17.2 Å². The van der Waals surface area contributed by atoms with Gasteiger partial charge in [-0.15, -0.1) is 0 Å². The number of benzene rings is 1. The first kappa shape index (κ1) is 22.6. The summed E-state index contributed by atoms with van der Waals surface area (Å²) < 4.78 is 36.9. The van der Waals surface area contributed by atoms with Crippen LogP contribution >= 0.6 is 0 Å². The van der Waals surface area contributed by atoms with E-state index in [-0.39, 0.29) is 30.6 Å². The van der Waals surface area contributed by atoms with E-state index in [0.717, 1.165) is 6.54 Å². The third kappa shape index (κ3) is 4.61. The maximum Gasteiger partial charge on any atom is 0.414 e. The van der Waals surface area contributed by atoms with Gasteiger partial charge in [0.2, 0.25) is 9.04 Å². The Hall–Kier alpha value is -2.59. The van der Waals surface area contributed by atoms with Gasteiger partial charge < -0.3 is 23.3 Å². The number of aromatic nitrogens is 1. The molecule has 2 fully saturated rings. The highest BCUT2D eigenvalue weighted by atomic mass is 28.3. The lowest BCUT2D eigenvalue weighted by atomic mass is 9.74. The van der Waals surface area contributed by atoms with E-state index >= 15 is 4.39 Å². The molecule has 0 aliphatic carbocycles. The van der Waals surface area contributed by atoms with Crippen molar-refractivity contribution in [2.24, 2.45) is 11.3 Å². The molecule has 2 aliphatic heterocycles. The number of carbonyl (C=O) groups is 1. The minimum Gasteiger partial charge on any atom is -0.471 e. The van der Waals surface area contributed by atoms with Crippen LogP contribution in [0.1, 0.15) is 20.8 Å². The van der Waals surface area contributed by atoms with E-state index in [1.807, 2.05) is 4.90 Å². The van der Waals surface area contributed by atoms with Gasteiger partial charge in [-0.3, -0.25) is 4.90 Å². The average Bonchev–Trinajstić information content (AvgIpc) is 3.33. The van der Waals surface area contributed by atoms with Crippen LogP contribution in [0.4, 0.5) is 20.6 Å². The molecule has 1 amide bonds. The molecule has 10 heteroatoms. The molecule has 3 heterocycles. The summed E-state index contributed by atoms with van der Waals surface area (Å²) in [5, 5.41) is 3.66. The van der Waals surface area contributed by atoms with Crippen molar-refractivity contribution >= 4 is 26.5 Å². The second kappa shape index (κ2) is 8.74. The fourth-order valence-corrected chi connectivity index (χ4v) is 4.75. The Morgan fingerprint density at radius 2 is 2.03 bits per heavy atom. The lowest BCUT2D eigenvalue weighted by Crippen LogP contribution is -2.63. The number of amides is 1. The topological polar surface area (TPSA) is 77.3 Å². The summed E-state index contributed by atoms with van der Waals surface area (Å²) in [5.74, 6) is 0.249. The fourth-order valence-electron chi connectivity index (χ4n) is 3.98. The summed E-state index contributed by atoms with van der Waals surface area (Å²) in [5.41, 5.74) is 0.999. The predicted molar refractivity (Wildman–Crippen MR) is 119 cm³/mol. The average molecular weight is 463 g/mol. The molecule has 1 aromatic heterocycles. The minimum absolute atomic E-state index is 0.0667. The molecular formula is C22H29FN3O5Si. The van der Waals surface area contributed by atoms with Gasteiger partial charge >= 0.3 is 6.09 Å². The number of ether oxygens (including phenoxy) is 2. The first-order valence-corrected chi connectivity index (χ1v) is 13.1. The van der Waals surface area contributed by atoms with Gasteiger partial charge in [-0.25, -0.2) is 9.18 Å². The molecule has 1 aromatic carbocycles. The van der Waals surface area contributed by atoms with Crippen LogP contribution in [0.2, 0.25) is 13.1 Å². The van der Waals surface area contributed by atoms with Crippen molar-refractivity contribution in [1.29, 1.82) is 0 Å². The second-order valence-corrected chi connectivity index (χ2v) is 11.5. The molecule has 2 aromatic rings. The normalized spacial score (nSPS) is 23.5. The molecular weight excluding hydrogens is 433 g/mol. The summed E-state index contributed by atoms with van der Waals surface area (Å²) in [4.78, 5) is 15.7. The number of rotatable bonds is 7. The first-order valence-electron chi connectivity index (χ1n) is 10.7. The van der Waals surface area contributed by atoms with E-state index in [2.05, 4.69) is 39.0 Å². The van der Waals surface area contributed by atoms with Crippen molar-refractivity contribution in [1.82, 2.24) is 5.16 Å². The molecule has 32 heavy (non-hydrogen) atoms. The summed E-state index contributed by atoms with van der Waals surface area (Å²) in [6.07, 6.45) is 0.228. The monoisotopic (exact) mass is 462 g/mol. The summed E-state index contributed by atoms with van der Waals surface area (Å²) in [7, 11) is -0.950. The summed E-state index contributed by atoms with van der Waals surface area (Å²) in [6.45, 7) is 11.8. The number of hydrogen-bond acceptors (Lipinski definition) is 7. The van der Waals surface area contributed by atoms with Crippen molar-refractivity contribution in [3.8, 4) is 5.88 Å². The molecule has 8 nitrogen and oxygen atoms in total. The number of nitrogens with zero attached hydrogens (tertiary/aromatic N) is 3. The van der Waals surface area contributed by atoms with Crippen LogP contribution in [0.3, 0.4) is 0 Å². The first-order chi connectivity index (χ1) is 15.1. The molecule has 3 atom stereocenters. The summed E-state index contributed by atoms with van der Waals surface area (Å²) in [6, 6.07) is 6.40. The number of hydrogen-bond donors (Lipinski definition) is 0. The lowest BCUT2D eigenvalue weighted by molar-refractivity contribution is 0.00256. The van der Waals surface area contributed by atoms with Crippen molar-refractivity contribution in [2.45, 2.75) is 46.2 Å². The molecule has 173 valence electrons. The van der Waals surface area contributed by atoms with E-state index in [9.17, 15) is 4.79 Å². The molecule has 4 rings (SSSR count). The minimum atomic E-state index is -0.950. The zero-order chi connectivity index (χ0) is 23.0. The Morgan fingerprint density at radius 1 is 1.25 bits per heavy atom. The highest BCUT2D eigenvalue weighted by Gasteiger charge is 2.47. The molecule has 3 unspecified atom stereocenters. The Kier molecular flexibility index (Phi) is 6.17. The van der Waals surface area contributed by atoms with Crippen molar-refractivity contribution < 1.29 is 27.6 Å². The standard InChI is InChI=1S/C22H29FN3O5Si/c1-22(2,3)16-12-26(20(16)31-32(4)5)18-7-6-14(10-17(18)23)25-11-15(30-21(25)27)13-28-19-8-9-29-24-19/h6-10,15-16,20H,11-13H2,1-5H3. The van der Waals surface area contributed by atoms with Gasteiger partial charge in [0.25, 0.3) is 5.88 Å². The Morgan fingerprint density at radius 3 is 2.66 bits per heavy atom. The van der Waals surface area contributed by atoms with E-state index in [1.54, 1.807) is 18.2 Å². The fraction of sp³-hybridized carbons (Fsp3) is 0.545. The largest absolute Gasteiger partial charge is 0.471 e. The van der Waals surface area contributed by atoms with Gasteiger partial charge in [0.05, 0.1) is 17.9 Å². The van der Waals surface area contributed by atoms with Crippen molar-refractivity contribution in [2.75, 3.05) is 29.5 Å². The molecule has 1 radical (unpaired) electrons. The Labute approximate surface area is 188 Å². The van der Waals surface area contributed by atoms with Crippen LogP contribution in [-0.4, -0.2) is 52.3 Å². The van der Waals surface area contributed by atoms with E-state index < -0.39 is 21.2 Å². The molecule has 0 saturated carbocycles. The van der Waals surface area contributed by atoms with Crippen LogP contribution in [0.5, 0.6) is 5.88 Å². The highest BCUT2D eigenvalue weighted by Crippen LogP contribution is 2.43. The van der Waals surface area contributed by atoms with Crippen molar-refractivity contribution in [3.63, 3.8) is 0 Å². The van der Waals surface area contributed by atoms with Gasteiger partial charge in [-0.1, -0.05) is 20.8 Å². The van der Waals surface area contributed by atoms with Crippen LogP contribution in [0.15, 0.2) is 35.1 Å². The zero-order valence-corrected chi connectivity index (χ0v) is 20.0. The lowest BCUT2D eigenvalue weighted by Gasteiger charge is -2.54. The smallest absolute Gasteiger partial charge is 0.414 e. The van der Waals surface area contributed by atoms with Gasteiger partial charge in [0, 0.05) is 18.5 Å². The van der Waals surface area contributed by atoms with Gasteiger partial charge in [-0.2, -0.15) is 0 Å². The maximum atomic E-state index is 15.2. The third-order valence-corrected chi connectivity index (χ3v) is 6.48. The predicted octanol–water partition coefficient (Wildman–Crippen LogP) is 4.29. The van der Waals surface area contributed by atoms with Crippen LogP contribution < -0.4 is 14.5 Å². The van der Waals surface area contributed by atoms with E-state index in [0.29, 0.717) is 23.2 Å². The maximum absolute atomic E-state index is 15.2. The van der Waals surface area contributed by atoms with Gasteiger partial charge in [0.15, 0.2) is 6.10 Å². The van der Waals surface area contributed by atoms with E-state index in [4.69, 9.17) is 18.4 Å². The molecule has 2 saturated heterocycles. The number of halogens is 1. The second-order valence-electron chi connectivity index (χ2n) is 9.44. The Balaban J connectivity index is 1.44. The molecule has 0 N–H and O–H groups in total. The highest BCUT2D eigenvalue weighted by molar-refractivity contribution is 6.48. The molecule has 2 aliphatic rings. The quantitative estimate of drug-likeness (QED) is 0.568. The van der Waals surface area contributed by atoms with Gasteiger partial charge in [0.1, 0.15) is 24.9 Å². The van der Waals surface area contributed by atoms with Crippen LogP contribution in [0, 0.1) is 17.2 Å². The number of carbonyl (C=O) groups excluding carboxylic acids is 1.